The predicted molar refractivity (Wildman–Crippen MR) is 89.4 cm³/mol. The maximum atomic E-state index is 7.66. The molecule has 0 amide bonds. The molecule has 0 saturated carbocycles. The van der Waals surface area contributed by atoms with Crippen LogP contribution in [0.15, 0.2) is 18.3 Å². The minimum Gasteiger partial charge on any atom is -0.382 e. The van der Waals surface area contributed by atoms with E-state index in [4.69, 9.17) is 11.1 Å². The number of nitrogens with zero attached hydrogens (tertiary/aromatic N) is 2. The normalized spacial score (nSPS) is 11.6. The largest absolute Gasteiger partial charge is 0.382 e. The molecule has 0 unspecified atom stereocenters. The van der Waals surface area contributed by atoms with Crippen molar-refractivity contribution in [3.8, 4) is 0 Å². The molecule has 0 spiro atoms. The highest BCUT2D eigenvalue weighted by Crippen LogP contribution is 2.13. The van der Waals surface area contributed by atoms with Gasteiger partial charge >= 0.3 is 0 Å². The lowest BCUT2D eigenvalue weighted by atomic mass is 10.1. The van der Waals surface area contributed by atoms with Crippen LogP contribution in [0.3, 0.4) is 0 Å². The number of pyridine rings is 1. The number of amidine groups is 1. The van der Waals surface area contributed by atoms with E-state index in [2.05, 4.69) is 37.6 Å². The first-order valence-electron chi connectivity index (χ1n) is 7.90. The topological polar surface area (TPSA) is 66.0 Å². The van der Waals surface area contributed by atoms with Gasteiger partial charge in [-0.05, 0) is 49.4 Å². The Morgan fingerprint density at radius 3 is 2.24 bits per heavy atom. The molecule has 0 atom stereocenters. The van der Waals surface area contributed by atoms with Gasteiger partial charge in [-0.1, -0.05) is 33.8 Å². The molecule has 3 N–H and O–H groups in total. The second-order valence-electron chi connectivity index (χ2n) is 6.57. The zero-order valence-corrected chi connectivity index (χ0v) is 13.9. The third kappa shape index (κ3) is 6.71. The van der Waals surface area contributed by atoms with Crippen molar-refractivity contribution in [2.75, 3.05) is 13.1 Å². The van der Waals surface area contributed by atoms with Crippen molar-refractivity contribution in [2.24, 2.45) is 17.6 Å². The van der Waals surface area contributed by atoms with Gasteiger partial charge in [0.15, 0.2) is 0 Å². The summed E-state index contributed by atoms with van der Waals surface area (Å²) in [5.41, 5.74) is 7.31. The highest BCUT2D eigenvalue weighted by molar-refractivity contribution is 5.94. The number of nitrogens with one attached hydrogen (secondary N) is 1. The van der Waals surface area contributed by atoms with E-state index in [1.165, 1.54) is 12.8 Å². The lowest BCUT2D eigenvalue weighted by Gasteiger charge is -2.25. The molecule has 0 fully saturated rings. The van der Waals surface area contributed by atoms with E-state index < -0.39 is 0 Å². The van der Waals surface area contributed by atoms with Crippen molar-refractivity contribution in [1.82, 2.24) is 9.88 Å². The molecular weight excluding hydrogens is 260 g/mol. The van der Waals surface area contributed by atoms with Gasteiger partial charge in [-0.15, -0.1) is 0 Å². The highest BCUT2D eigenvalue weighted by Gasteiger charge is 2.12. The molecule has 0 aliphatic rings. The molecule has 0 saturated heterocycles. The Labute approximate surface area is 129 Å². The zero-order valence-electron chi connectivity index (χ0n) is 13.9. The number of hydrogen-bond acceptors (Lipinski definition) is 3. The summed E-state index contributed by atoms with van der Waals surface area (Å²) in [5.74, 6) is 1.46. The first-order chi connectivity index (χ1) is 9.90. The van der Waals surface area contributed by atoms with Gasteiger partial charge in [-0.25, -0.2) is 0 Å². The second-order valence-corrected chi connectivity index (χ2v) is 6.57. The number of aromatic nitrogens is 1. The van der Waals surface area contributed by atoms with E-state index in [0.29, 0.717) is 17.5 Å². The molecule has 1 heterocycles. The van der Waals surface area contributed by atoms with Crippen molar-refractivity contribution < 1.29 is 0 Å². The maximum Gasteiger partial charge on any atom is 0.142 e. The standard InChI is InChI=1S/C17H30N4/c1-13(2)7-10-21(11-8-14(3)4)12-15-6-5-9-20-16(15)17(18)19/h5-6,9,13-14H,7-8,10-12H2,1-4H3,(H3,18,19). The molecule has 0 aliphatic carbocycles. The molecule has 1 aromatic rings. The van der Waals surface area contributed by atoms with Gasteiger partial charge in [-0.3, -0.25) is 15.3 Å². The summed E-state index contributed by atoms with van der Waals surface area (Å²) in [7, 11) is 0. The molecular formula is C17H30N4. The summed E-state index contributed by atoms with van der Waals surface area (Å²) in [6.07, 6.45) is 4.08. The van der Waals surface area contributed by atoms with Crippen molar-refractivity contribution in [2.45, 2.75) is 47.1 Å². The quantitative estimate of drug-likeness (QED) is 0.542. The summed E-state index contributed by atoms with van der Waals surface area (Å²) < 4.78 is 0. The molecule has 0 aromatic carbocycles. The third-order valence-corrected chi connectivity index (χ3v) is 3.59. The van der Waals surface area contributed by atoms with Crippen LogP contribution in [0.25, 0.3) is 0 Å². The molecule has 1 aromatic heterocycles. The second kappa shape index (κ2) is 8.78. The highest BCUT2D eigenvalue weighted by atomic mass is 15.1. The minimum atomic E-state index is 0.0540. The Hall–Kier alpha value is -1.42. The number of hydrogen-bond donors (Lipinski definition) is 2. The zero-order chi connectivity index (χ0) is 15.8. The van der Waals surface area contributed by atoms with Crippen LogP contribution in [0.1, 0.15) is 51.8 Å². The lowest BCUT2D eigenvalue weighted by Crippen LogP contribution is -2.29. The summed E-state index contributed by atoms with van der Waals surface area (Å²) in [5, 5.41) is 7.66. The van der Waals surface area contributed by atoms with E-state index in [1.807, 2.05) is 12.1 Å². The van der Waals surface area contributed by atoms with E-state index in [9.17, 15) is 0 Å². The molecule has 0 bridgehead atoms. The van der Waals surface area contributed by atoms with Crippen LogP contribution in [0.5, 0.6) is 0 Å². The van der Waals surface area contributed by atoms with Gasteiger partial charge < -0.3 is 5.73 Å². The van der Waals surface area contributed by atoms with Crippen LogP contribution < -0.4 is 5.73 Å². The van der Waals surface area contributed by atoms with Gasteiger partial charge in [0.2, 0.25) is 0 Å². The van der Waals surface area contributed by atoms with Crippen LogP contribution in [0, 0.1) is 17.2 Å². The Morgan fingerprint density at radius 1 is 1.19 bits per heavy atom. The molecule has 4 heteroatoms. The van der Waals surface area contributed by atoms with Crippen LogP contribution in [0.2, 0.25) is 0 Å². The smallest absolute Gasteiger partial charge is 0.142 e. The Balaban J connectivity index is 2.76. The van der Waals surface area contributed by atoms with E-state index >= 15 is 0 Å². The Kier molecular flexibility index (Phi) is 7.37. The molecule has 0 radical (unpaired) electrons. The van der Waals surface area contributed by atoms with E-state index in [1.54, 1.807) is 6.20 Å². The van der Waals surface area contributed by atoms with Crippen molar-refractivity contribution in [3.05, 3.63) is 29.6 Å². The Bertz CT molecular complexity index is 428. The molecule has 1 rings (SSSR count). The number of nitrogens with two attached hydrogens (primary N) is 1. The molecule has 4 nitrogen and oxygen atoms in total. The molecule has 21 heavy (non-hydrogen) atoms. The fourth-order valence-electron chi connectivity index (χ4n) is 2.20. The van der Waals surface area contributed by atoms with Gasteiger partial charge in [0, 0.05) is 12.7 Å². The van der Waals surface area contributed by atoms with E-state index in [0.717, 1.165) is 25.2 Å². The fourth-order valence-corrected chi connectivity index (χ4v) is 2.20. The van der Waals surface area contributed by atoms with Gasteiger partial charge in [-0.2, -0.15) is 0 Å². The molecule has 0 aliphatic heterocycles. The summed E-state index contributed by atoms with van der Waals surface area (Å²) in [6.45, 7) is 12.0. The summed E-state index contributed by atoms with van der Waals surface area (Å²) in [4.78, 5) is 6.71. The summed E-state index contributed by atoms with van der Waals surface area (Å²) in [6, 6.07) is 3.95. The molecule has 118 valence electrons. The first-order valence-corrected chi connectivity index (χ1v) is 7.90. The summed E-state index contributed by atoms with van der Waals surface area (Å²) >= 11 is 0. The average Bonchev–Trinajstić information content (AvgIpc) is 2.41. The number of nitrogen functional groups attached to an aromatic ring is 1. The monoisotopic (exact) mass is 290 g/mol. The maximum absolute atomic E-state index is 7.66. The fraction of sp³-hybridized carbons (Fsp3) is 0.647. The number of rotatable bonds is 9. The van der Waals surface area contributed by atoms with Crippen LogP contribution in [-0.4, -0.2) is 28.8 Å². The van der Waals surface area contributed by atoms with Gasteiger partial charge in [0.25, 0.3) is 0 Å². The van der Waals surface area contributed by atoms with E-state index in [-0.39, 0.29) is 5.84 Å². The minimum absolute atomic E-state index is 0.0540. The third-order valence-electron chi connectivity index (χ3n) is 3.59. The Morgan fingerprint density at radius 2 is 1.76 bits per heavy atom. The van der Waals surface area contributed by atoms with Gasteiger partial charge in [0.1, 0.15) is 11.5 Å². The van der Waals surface area contributed by atoms with Gasteiger partial charge in [0.05, 0.1) is 0 Å². The van der Waals surface area contributed by atoms with Crippen molar-refractivity contribution in [1.29, 1.82) is 5.41 Å². The first kappa shape index (κ1) is 17.6. The van der Waals surface area contributed by atoms with Crippen LogP contribution >= 0.6 is 0 Å². The average molecular weight is 290 g/mol. The van der Waals surface area contributed by atoms with Crippen LogP contribution in [-0.2, 0) is 6.54 Å². The lowest BCUT2D eigenvalue weighted by molar-refractivity contribution is 0.235. The van der Waals surface area contributed by atoms with Crippen molar-refractivity contribution >= 4 is 5.84 Å². The van der Waals surface area contributed by atoms with Crippen LogP contribution in [0.4, 0.5) is 0 Å². The van der Waals surface area contributed by atoms with Crippen molar-refractivity contribution in [3.63, 3.8) is 0 Å². The SMILES string of the molecule is CC(C)CCN(CCC(C)C)Cc1cccnc1C(=N)N. The predicted octanol–water partition coefficient (Wildman–Crippen LogP) is 3.26.